The summed E-state index contributed by atoms with van der Waals surface area (Å²) in [6.45, 7) is 7.64. The van der Waals surface area contributed by atoms with E-state index >= 15 is 0 Å². The summed E-state index contributed by atoms with van der Waals surface area (Å²) in [5.74, 6) is 1.07. The smallest absolute Gasteiger partial charge is 0.251 e. The van der Waals surface area contributed by atoms with Gasteiger partial charge in [0.05, 0.1) is 12.7 Å². The number of fused-ring (bicyclic) bond motifs is 1. The average Bonchev–Trinajstić information content (AvgIpc) is 3.40. The molecule has 1 amide bonds. The van der Waals surface area contributed by atoms with Crippen LogP contribution in [0.2, 0.25) is 0 Å². The molecule has 1 N–H and O–H groups in total. The van der Waals surface area contributed by atoms with Crippen LogP contribution >= 0.6 is 24.0 Å². The maximum atomic E-state index is 12.5. The van der Waals surface area contributed by atoms with Crippen LogP contribution in [0.1, 0.15) is 25.7 Å². The van der Waals surface area contributed by atoms with Crippen LogP contribution in [-0.4, -0.2) is 111 Å². The predicted molar refractivity (Wildman–Crippen MR) is 118 cm³/mol. The van der Waals surface area contributed by atoms with E-state index < -0.39 is 0 Å². The van der Waals surface area contributed by atoms with Crippen molar-refractivity contribution >= 4 is 35.8 Å². The molecule has 3 unspecified atom stereocenters. The van der Waals surface area contributed by atoms with Crippen molar-refractivity contribution in [3.05, 3.63) is 0 Å². The summed E-state index contributed by atoms with van der Waals surface area (Å²) < 4.78 is 11.6. The number of aliphatic imine (C=N–C) groups is 1. The minimum atomic E-state index is -0.216. The Balaban J connectivity index is 0.00000225. The second kappa shape index (κ2) is 10.4. The Bertz CT molecular complexity index is 550. The molecule has 0 aromatic rings. The molecule has 28 heavy (non-hydrogen) atoms. The third-order valence-electron chi connectivity index (χ3n) is 6.26. The molecule has 4 rings (SSSR count). The van der Waals surface area contributed by atoms with Crippen molar-refractivity contribution in [1.82, 2.24) is 20.0 Å². The number of ether oxygens (including phenoxy) is 2. The molecule has 8 nitrogen and oxygen atoms in total. The highest BCUT2D eigenvalue weighted by molar-refractivity contribution is 14.0. The van der Waals surface area contributed by atoms with Crippen LogP contribution in [0.5, 0.6) is 0 Å². The van der Waals surface area contributed by atoms with Crippen molar-refractivity contribution in [3.63, 3.8) is 0 Å². The van der Waals surface area contributed by atoms with E-state index in [4.69, 9.17) is 9.47 Å². The predicted octanol–water partition coefficient (Wildman–Crippen LogP) is 0.366. The van der Waals surface area contributed by atoms with E-state index in [0.29, 0.717) is 12.6 Å². The van der Waals surface area contributed by atoms with Crippen molar-refractivity contribution in [3.8, 4) is 0 Å². The van der Waals surface area contributed by atoms with Crippen molar-refractivity contribution in [1.29, 1.82) is 0 Å². The van der Waals surface area contributed by atoms with Crippen LogP contribution in [0.15, 0.2) is 4.99 Å². The molecule has 0 bridgehead atoms. The molecular formula is C19H34IN5O3. The SMILES string of the molecule is CN=C(NCC1CN2CCCC2CO1)N1CCN(C(=O)C2CCCO2)CC1.I. The molecule has 0 aliphatic carbocycles. The molecule has 0 aromatic heterocycles. The quantitative estimate of drug-likeness (QED) is 0.338. The van der Waals surface area contributed by atoms with Crippen LogP contribution in [0.3, 0.4) is 0 Å². The van der Waals surface area contributed by atoms with Crippen LogP contribution in [-0.2, 0) is 14.3 Å². The zero-order chi connectivity index (χ0) is 18.6. The Labute approximate surface area is 185 Å². The van der Waals surface area contributed by atoms with Crippen molar-refractivity contribution in [2.75, 3.05) is 66.1 Å². The number of morpholine rings is 1. The Hall–Kier alpha value is -0.650. The molecule has 4 heterocycles. The highest BCUT2D eigenvalue weighted by atomic mass is 127. The van der Waals surface area contributed by atoms with Gasteiger partial charge in [0.25, 0.3) is 5.91 Å². The second-order valence-electron chi connectivity index (χ2n) is 7.99. The number of halogens is 1. The van der Waals surface area contributed by atoms with Gasteiger partial charge in [0, 0.05) is 59.0 Å². The molecule has 4 fully saturated rings. The third kappa shape index (κ3) is 5.09. The van der Waals surface area contributed by atoms with Gasteiger partial charge in [-0.15, -0.1) is 24.0 Å². The fraction of sp³-hybridized carbons (Fsp3) is 0.895. The lowest BCUT2D eigenvalue weighted by Gasteiger charge is -2.38. The van der Waals surface area contributed by atoms with Crippen LogP contribution in [0.25, 0.3) is 0 Å². The highest BCUT2D eigenvalue weighted by Gasteiger charge is 2.33. The molecule has 0 saturated carbocycles. The van der Waals surface area contributed by atoms with Gasteiger partial charge in [0.1, 0.15) is 6.10 Å². The summed E-state index contributed by atoms with van der Waals surface area (Å²) in [5, 5.41) is 3.48. The van der Waals surface area contributed by atoms with Crippen LogP contribution in [0.4, 0.5) is 0 Å². The van der Waals surface area contributed by atoms with Crippen LogP contribution in [0, 0.1) is 0 Å². The molecule has 0 aromatic carbocycles. The van der Waals surface area contributed by atoms with Crippen molar-refractivity contribution in [2.24, 2.45) is 4.99 Å². The number of carbonyl (C=O) groups is 1. The summed E-state index contributed by atoms with van der Waals surface area (Å²) in [5.41, 5.74) is 0. The van der Waals surface area contributed by atoms with Crippen LogP contribution < -0.4 is 5.32 Å². The van der Waals surface area contributed by atoms with E-state index in [1.54, 1.807) is 0 Å². The average molecular weight is 507 g/mol. The lowest BCUT2D eigenvalue weighted by molar-refractivity contribution is -0.142. The first-order valence-corrected chi connectivity index (χ1v) is 10.5. The second-order valence-corrected chi connectivity index (χ2v) is 7.99. The lowest BCUT2D eigenvalue weighted by atomic mass is 10.2. The lowest BCUT2D eigenvalue weighted by Crippen LogP contribution is -2.57. The van der Waals surface area contributed by atoms with E-state index in [-0.39, 0.29) is 42.1 Å². The number of amides is 1. The van der Waals surface area contributed by atoms with Gasteiger partial charge in [-0.1, -0.05) is 0 Å². The molecule has 160 valence electrons. The molecule has 0 radical (unpaired) electrons. The molecule has 0 spiro atoms. The first-order chi connectivity index (χ1) is 13.2. The highest BCUT2D eigenvalue weighted by Crippen LogP contribution is 2.22. The van der Waals surface area contributed by atoms with Gasteiger partial charge in [0.2, 0.25) is 0 Å². The molecule has 4 aliphatic heterocycles. The summed E-state index contributed by atoms with van der Waals surface area (Å²) in [4.78, 5) is 23.7. The maximum Gasteiger partial charge on any atom is 0.251 e. The van der Waals surface area contributed by atoms with Gasteiger partial charge in [-0.25, -0.2) is 0 Å². The Kier molecular flexibility index (Phi) is 8.19. The van der Waals surface area contributed by atoms with Crippen molar-refractivity contribution < 1.29 is 14.3 Å². The summed E-state index contributed by atoms with van der Waals surface area (Å²) in [7, 11) is 1.82. The minimum Gasteiger partial charge on any atom is -0.373 e. The molecule has 3 atom stereocenters. The van der Waals surface area contributed by atoms with Gasteiger partial charge in [-0.3, -0.25) is 14.7 Å². The fourth-order valence-electron chi connectivity index (χ4n) is 4.66. The standard InChI is InChI=1S/C19H33N5O3.HI/c1-20-19(21-12-16-13-24-6-2-4-15(24)14-27-16)23-9-7-22(8-10-23)18(25)17-5-3-11-26-17;/h15-17H,2-14H2,1H3,(H,20,21);1H. The van der Waals surface area contributed by atoms with Gasteiger partial charge < -0.3 is 24.6 Å². The van der Waals surface area contributed by atoms with Gasteiger partial charge in [0.15, 0.2) is 5.96 Å². The normalized spacial score (nSPS) is 31.5. The van der Waals surface area contributed by atoms with E-state index in [1.165, 1.54) is 19.4 Å². The maximum absolute atomic E-state index is 12.5. The van der Waals surface area contributed by atoms with Gasteiger partial charge in [-0.05, 0) is 32.2 Å². The van der Waals surface area contributed by atoms with E-state index in [2.05, 4.69) is 20.1 Å². The summed E-state index contributed by atoms with van der Waals surface area (Å²) in [6, 6.07) is 0.634. The fourth-order valence-corrected chi connectivity index (χ4v) is 4.66. The van der Waals surface area contributed by atoms with Gasteiger partial charge >= 0.3 is 0 Å². The number of hydrogen-bond donors (Lipinski definition) is 1. The Morgan fingerprint density at radius 2 is 1.86 bits per heavy atom. The Morgan fingerprint density at radius 1 is 1.07 bits per heavy atom. The molecule has 9 heteroatoms. The number of carbonyl (C=O) groups excluding carboxylic acids is 1. The first kappa shape index (κ1) is 22.0. The summed E-state index contributed by atoms with van der Waals surface area (Å²) >= 11 is 0. The largest absolute Gasteiger partial charge is 0.373 e. The van der Waals surface area contributed by atoms with E-state index in [0.717, 1.165) is 64.7 Å². The number of piperazine rings is 1. The number of nitrogens with one attached hydrogen (secondary N) is 1. The zero-order valence-electron chi connectivity index (χ0n) is 16.8. The molecule has 4 aliphatic rings. The minimum absolute atomic E-state index is 0. The van der Waals surface area contributed by atoms with E-state index in [1.807, 2.05) is 11.9 Å². The van der Waals surface area contributed by atoms with Crippen molar-refractivity contribution in [2.45, 2.75) is 43.9 Å². The first-order valence-electron chi connectivity index (χ1n) is 10.5. The molecular weight excluding hydrogens is 473 g/mol. The topological polar surface area (TPSA) is 69.6 Å². The third-order valence-corrected chi connectivity index (χ3v) is 6.26. The monoisotopic (exact) mass is 507 g/mol. The number of hydrogen-bond acceptors (Lipinski definition) is 5. The number of guanidine groups is 1. The Morgan fingerprint density at radius 3 is 2.57 bits per heavy atom. The number of nitrogens with zero attached hydrogens (tertiary/aromatic N) is 4. The van der Waals surface area contributed by atoms with Gasteiger partial charge in [-0.2, -0.15) is 0 Å². The number of rotatable bonds is 3. The zero-order valence-corrected chi connectivity index (χ0v) is 19.2. The van der Waals surface area contributed by atoms with E-state index in [9.17, 15) is 4.79 Å². The summed E-state index contributed by atoms with van der Waals surface area (Å²) in [6.07, 6.45) is 4.43. The molecule has 4 saturated heterocycles.